The van der Waals surface area contributed by atoms with Crippen molar-refractivity contribution in [2.45, 2.75) is 18.9 Å². The average molecular weight is 351 g/mol. The fraction of sp³-hybridized carbons (Fsp3) is 0.333. The highest BCUT2D eigenvalue weighted by molar-refractivity contribution is 5.97. The number of benzene rings is 2. The van der Waals surface area contributed by atoms with Gasteiger partial charge < -0.3 is 10.2 Å². The molecule has 2 aromatic carbocycles. The molecule has 3 rings (SSSR count). The Labute approximate surface area is 154 Å². The third-order valence-electron chi connectivity index (χ3n) is 4.83. The minimum Gasteiger partial charge on any atom is -0.345 e. The molecule has 2 aromatic rings. The second-order valence-corrected chi connectivity index (χ2v) is 7.00. The standard InChI is InChI=1S/C21H25N3O2/c1-23(2)21(26)16-8-6-9-17(13-16)22-20(25)14-24(3)19-12-11-15-7-4-5-10-18(15)19/h4-10,13,19H,11-12,14H2,1-3H3,(H,22,25)/t19-/m1/s1. The van der Waals surface area contributed by atoms with Crippen LogP contribution in [0, 0.1) is 0 Å². The topological polar surface area (TPSA) is 52.7 Å². The molecule has 0 spiro atoms. The molecule has 0 unspecified atom stereocenters. The highest BCUT2D eigenvalue weighted by atomic mass is 16.2. The zero-order valence-electron chi connectivity index (χ0n) is 15.5. The van der Waals surface area contributed by atoms with Crippen LogP contribution in [0.25, 0.3) is 0 Å². The van der Waals surface area contributed by atoms with Crippen molar-refractivity contribution in [1.29, 1.82) is 0 Å². The van der Waals surface area contributed by atoms with Gasteiger partial charge in [0, 0.05) is 31.4 Å². The number of rotatable bonds is 5. The summed E-state index contributed by atoms with van der Waals surface area (Å²) < 4.78 is 0. The van der Waals surface area contributed by atoms with Crippen LogP contribution in [0.1, 0.15) is 33.9 Å². The Bertz CT molecular complexity index is 816. The summed E-state index contributed by atoms with van der Waals surface area (Å²) in [4.78, 5) is 28.1. The van der Waals surface area contributed by atoms with Gasteiger partial charge in [-0.3, -0.25) is 14.5 Å². The summed E-state index contributed by atoms with van der Waals surface area (Å²) in [6.07, 6.45) is 2.09. The van der Waals surface area contributed by atoms with Crippen molar-refractivity contribution >= 4 is 17.5 Å². The van der Waals surface area contributed by atoms with E-state index in [0.717, 1.165) is 12.8 Å². The molecule has 136 valence electrons. The van der Waals surface area contributed by atoms with Crippen molar-refractivity contribution in [3.05, 3.63) is 65.2 Å². The first-order chi connectivity index (χ1) is 12.5. The highest BCUT2D eigenvalue weighted by Gasteiger charge is 2.26. The van der Waals surface area contributed by atoms with Crippen LogP contribution in [-0.2, 0) is 11.2 Å². The normalized spacial score (nSPS) is 15.6. The number of likely N-dealkylation sites (N-methyl/N-ethyl adjacent to an activating group) is 1. The molecule has 0 aliphatic heterocycles. The van der Waals surface area contributed by atoms with Crippen LogP contribution in [-0.4, -0.2) is 49.3 Å². The molecule has 1 aliphatic carbocycles. The Kier molecular flexibility index (Phi) is 5.38. The van der Waals surface area contributed by atoms with E-state index in [1.165, 1.54) is 16.0 Å². The van der Waals surface area contributed by atoms with Gasteiger partial charge in [0.05, 0.1) is 6.54 Å². The molecule has 1 aliphatic rings. The van der Waals surface area contributed by atoms with Gasteiger partial charge in [-0.05, 0) is 49.2 Å². The Morgan fingerprint density at radius 3 is 2.62 bits per heavy atom. The third kappa shape index (κ3) is 3.94. The van der Waals surface area contributed by atoms with Crippen LogP contribution in [0.4, 0.5) is 5.69 Å². The van der Waals surface area contributed by atoms with Gasteiger partial charge in [0.2, 0.25) is 5.91 Å². The summed E-state index contributed by atoms with van der Waals surface area (Å²) in [5, 5.41) is 2.90. The number of carbonyl (C=O) groups is 2. The Morgan fingerprint density at radius 2 is 1.85 bits per heavy atom. The smallest absolute Gasteiger partial charge is 0.253 e. The fourth-order valence-electron chi connectivity index (χ4n) is 3.52. The van der Waals surface area contributed by atoms with Crippen LogP contribution in [0.15, 0.2) is 48.5 Å². The van der Waals surface area contributed by atoms with Gasteiger partial charge in [-0.1, -0.05) is 30.3 Å². The highest BCUT2D eigenvalue weighted by Crippen LogP contribution is 2.34. The fourth-order valence-corrected chi connectivity index (χ4v) is 3.52. The predicted molar refractivity (Wildman–Crippen MR) is 103 cm³/mol. The number of anilines is 1. The first kappa shape index (κ1) is 18.1. The maximum absolute atomic E-state index is 12.5. The van der Waals surface area contributed by atoms with E-state index in [4.69, 9.17) is 0 Å². The number of nitrogens with one attached hydrogen (secondary N) is 1. The van der Waals surface area contributed by atoms with E-state index >= 15 is 0 Å². The number of hydrogen-bond acceptors (Lipinski definition) is 3. The summed E-state index contributed by atoms with van der Waals surface area (Å²) in [5.74, 6) is -0.160. The lowest BCUT2D eigenvalue weighted by Gasteiger charge is -2.24. The summed E-state index contributed by atoms with van der Waals surface area (Å²) in [6, 6.07) is 15.8. The zero-order valence-corrected chi connectivity index (χ0v) is 15.5. The van der Waals surface area contributed by atoms with E-state index in [9.17, 15) is 9.59 Å². The van der Waals surface area contributed by atoms with E-state index in [1.54, 1.807) is 38.4 Å². The molecule has 2 amide bonds. The van der Waals surface area contributed by atoms with Gasteiger partial charge in [-0.25, -0.2) is 0 Å². The van der Waals surface area contributed by atoms with Crippen LogP contribution in [0.3, 0.4) is 0 Å². The number of carbonyl (C=O) groups excluding carboxylic acids is 2. The Morgan fingerprint density at radius 1 is 1.08 bits per heavy atom. The lowest BCUT2D eigenvalue weighted by Crippen LogP contribution is -2.32. The van der Waals surface area contributed by atoms with E-state index < -0.39 is 0 Å². The van der Waals surface area contributed by atoms with Crippen molar-refractivity contribution in [3.63, 3.8) is 0 Å². The molecule has 5 nitrogen and oxygen atoms in total. The summed E-state index contributed by atoms with van der Waals surface area (Å²) in [6.45, 7) is 0.310. The molecule has 0 aromatic heterocycles. The minimum absolute atomic E-state index is 0.0775. The Balaban J connectivity index is 1.63. The molecule has 0 saturated heterocycles. The zero-order chi connectivity index (χ0) is 18.7. The van der Waals surface area contributed by atoms with Crippen LogP contribution < -0.4 is 5.32 Å². The number of fused-ring (bicyclic) bond motifs is 1. The van der Waals surface area contributed by atoms with E-state index in [1.807, 2.05) is 7.05 Å². The molecule has 5 heteroatoms. The van der Waals surface area contributed by atoms with E-state index in [0.29, 0.717) is 17.8 Å². The number of amides is 2. The van der Waals surface area contributed by atoms with Gasteiger partial charge in [0.25, 0.3) is 5.91 Å². The lowest BCUT2D eigenvalue weighted by atomic mass is 10.1. The van der Waals surface area contributed by atoms with Crippen molar-refractivity contribution in [2.24, 2.45) is 0 Å². The van der Waals surface area contributed by atoms with Gasteiger partial charge in [0.15, 0.2) is 0 Å². The van der Waals surface area contributed by atoms with E-state index in [2.05, 4.69) is 34.5 Å². The largest absolute Gasteiger partial charge is 0.345 e. The van der Waals surface area contributed by atoms with Gasteiger partial charge >= 0.3 is 0 Å². The molecule has 0 bridgehead atoms. The molecule has 0 radical (unpaired) electrons. The first-order valence-corrected chi connectivity index (χ1v) is 8.85. The van der Waals surface area contributed by atoms with Crippen LogP contribution in [0.2, 0.25) is 0 Å². The molecule has 1 N–H and O–H groups in total. The number of hydrogen-bond donors (Lipinski definition) is 1. The molecule has 26 heavy (non-hydrogen) atoms. The molecule has 0 saturated carbocycles. The second kappa shape index (κ2) is 7.70. The van der Waals surface area contributed by atoms with Gasteiger partial charge in [0.1, 0.15) is 0 Å². The average Bonchev–Trinajstić information content (AvgIpc) is 3.05. The van der Waals surface area contributed by atoms with Crippen molar-refractivity contribution in [1.82, 2.24) is 9.80 Å². The summed E-state index contributed by atoms with van der Waals surface area (Å²) in [5.41, 5.74) is 3.90. The van der Waals surface area contributed by atoms with E-state index in [-0.39, 0.29) is 17.9 Å². The summed E-state index contributed by atoms with van der Waals surface area (Å²) >= 11 is 0. The SMILES string of the molecule is CN(C)C(=O)c1cccc(NC(=O)CN(C)[C@@H]2CCc3ccccc32)c1. The van der Waals surface area contributed by atoms with Crippen molar-refractivity contribution in [3.8, 4) is 0 Å². The molecular formula is C21H25N3O2. The minimum atomic E-state index is -0.0826. The summed E-state index contributed by atoms with van der Waals surface area (Å²) in [7, 11) is 5.41. The second-order valence-electron chi connectivity index (χ2n) is 7.00. The van der Waals surface area contributed by atoms with Crippen LogP contribution in [0.5, 0.6) is 0 Å². The van der Waals surface area contributed by atoms with Crippen molar-refractivity contribution < 1.29 is 9.59 Å². The van der Waals surface area contributed by atoms with Crippen LogP contribution >= 0.6 is 0 Å². The maximum atomic E-state index is 12.5. The van der Waals surface area contributed by atoms with Gasteiger partial charge in [-0.15, -0.1) is 0 Å². The Hall–Kier alpha value is -2.66. The molecular weight excluding hydrogens is 326 g/mol. The number of nitrogens with zero attached hydrogens (tertiary/aromatic N) is 2. The molecule has 0 fully saturated rings. The number of aryl methyl sites for hydroxylation is 1. The first-order valence-electron chi connectivity index (χ1n) is 8.85. The quantitative estimate of drug-likeness (QED) is 0.901. The third-order valence-corrected chi connectivity index (χ3v) is 4.83. The molecule has 1 atom stereocenters. The monoisotopic (exact) mass is 351 g/mol. The van der Waals surface area contributed by atoms with Gasteiger partial charge in [-0.2, -0.15) is 0 Å². The molecule has 0 heterocycles. The maximum Gasteiger partial charge on any atom is 0.253 e. The van der Waals surface area contributed by atoms with Crippen molar-refractivity contribution in [2.75, 3.05) is 33.0 Å². The lowest BCUT2D eigenvalue weighted by molar-refractivity contribution is -0.117. The predicted octanol–water partition coefficient (Wildman–Crippen LogP) is 2.95.